The molecule has 0 spiro atoms. The first kappa shape index (κ1) is 12.9. The van der Waals surface area contributed by atoms with Crippen LogP contribution in [0.1, 0.15) is 12.8 Å². The Labute approximate surface area is 93.2 Å². The van der Waals surface area contributed by atoms with Crippen LogP contribution in [-0.2, 0) is 0 Å². The summed E-state index contributed by atoms with van der Waals surface area (Å²) in [5.74, 6) is 0. The molecule has 0 bridgehead atoms. The SMILES string of the molecule is CNC(CO)CCN1CCCN(C)CC1. The third-order valence-electron chi connectivity index (χ3n) is 3.23. The van der Waals surface area contributed by atoms with Crippen LogP contribution < -0.4 is 5.32 Å². The summed E-state index contributed by atoms with van der Waals surface area (Å²) < 4.78 is 0. The Morgan fingerprint density at radius 3 is 2.73 bits per heavy atom. The maximum atomic E-state index is 9.06. The topological polar surface area (TPSA) is 38.7 Å². The molecule has 2 N–H and O–H groups in total. The molecule has 0 aromatic rings. The second kappa shape index (κ2) is 7.17. The van der Waals surface area contributed by atoms with E-state index in [1.807, 2.05) is 7.05 Å². The van der Waals surface area contributed by atoms with Crippen molar-refractivity contribution in [3.63, 3.8) is 0 Å². The van der Waals surface area contributed by atoms with Crippen molar-refractivity contribution in [3.8, 4) is 0 Å². The number of likely N-dealkylation sites (N-methyl/N-ethyl adjacent to an activating group) is 2. The van der Waals surface area contributed by atoms with Crippen molar-refractivity contribution < 1.29 is 5.11 Å². The fourth-order valence-corrected chi connectivity index (χ4v) is 1.99. The van der Waals surface area contributed by atoms with E-state index in [0.29, 0.717) is 0 Å². The molecule has 1 aliphatic rings. The number of rotatable bonds is 5. The molecular weight excluding hydrogens is 190 g/mol. The minimum atomic E-state index is 0.240. The molecule has 15 heavy (non-hydrogen) atoms. The van der Waals surface area contributed by atoms with Crippen molar-refractivity contribution in [2.75, 3.05) is 53.4 Å². The van der Waals surface area contributed by atoms with Gasteiger partial charge < -0.3 is 20.2 Å². The average Bonchev–Trinajstić information content (AvgIpc) is 2.45. The number of hydrogen-bond donors (Lipinski definition) is 2. The van der Waals surface area contributed by atoms with E-state index in [0.717, 1.165) is 13.0 Å². The number of hydrogen-bond acceptors (Lipinski definition) is 4. The second-order valence-corrected chi connectivity index (χ2v) is 4.46. The highest BCUT2D eigenvalue weighted by Crippen LogP contribution is 2.03. The average molecular weight is 215 g/mol. The number of nitrogens with zero attached hydrogens (tertiary/aromatic N) is 2. The zero-order valence-corrected chi connectivity index (χ0v) is 10.1. The first-order chi connectivity index (χ1) is 7.26. The van der Waals surface area contributed by atoms with Crippen molar-refractivity contribution >= 4 is 0 Å². The normalized spacial score (nSPS) is 22.6. The number of nitrogens with one attached hydrogen (secondary N) is 1. The van der Waals surface area contributed by atoms with Crippen LogP contribution >= 0.6 is 0 Å². The lowest BCUT2D eigenvalue weighted by Crippen LogP contribution is -2.36. The fourth-order valence-electron chi connectivity index (χ4n) is 1.99. The second-order valence-electron chi connectivity index (χ2n) is 4.46. The minimum Gasteiger partial charge on any atom is -0.395 e. The Balaban J connectivity index is 2.19. The van der Waals surface area contributed by atoms with Gasteiger partial charge in [-0.3, -0.25) is 0 Å². The Kier molecular flexibility index (Phi) is 6.17. The van der Waals surface area contributed by atoms with E-state index in [1.165, 1.54) is 32.6 Å². The fraction of sp³-hybridized carbons (Fsp3) is 1.00. The number of aliphatic hydroxyl groups is 1. The smallest absolute Gasteiger partial charge is 0.0585 e. The quantitative estimate of drug-likeness (QED) is 0.654. The number of aliphatic hydroxyl groups excluding tert-OH is 1. The van der Waals surface area contributed by atoms with Crippen LogP contribution in [0.3, 0.4) is 0 Å². The van der Waals surface area contributed by atoms with Gasteiger partial charge in [0.15, 0.2) is 0 Å². The van der Waals surface area contributed by atoms with E-state index in [-0.39, 0.29) is 12.6 Å². The maximum Gasteiger partial charge on any atom is 0.0585 e. The van der Waals surface area contributed by atoms with Gasteiger partial charge in [0.05, 0.1) is 6.61 Å². The van der Waals surface area contributed by atoms with Gasteiger partial charge in [-0.05, 0) is 46.6 Å². The van der Waals surface area contributed by atoms with Gasteiger partial charge in [-0.25, -0.2) is 0 Å². The van der Waals surface area contributed by atoms with Crippen LogP contribution in [0.25, 0.3) is 0 Å². The van der Waals surface area contributed by atoms with Gasteiger partial charge in [0.25, 0.3) is 0 Å². The van der Waals surface area contributed by atoms with E-state index in [9.17, 15) is 0 Å². The van der Waals surface area contributed by atoms with Gasteiger partial charge in [0.1, 0.15) is 0 Å². The molecule has 1 heterocycles. The van der Waals surface area contributed by atoms with Crippen LogP contribution in [0.2, 0.25) is 0 Å². The molecule has 1 rings (SSSR count). The zero-order chi connectivity index (χ0) is 11.1. The van der Waals surface area contributed by atoms with Crippen LogP contribution in [-0.4, -0.2) is 74.4 Å². The predicted molar refractivity (Wildman–Crippen MR) is 63.1 cm³/mol. The van der Waals surface area contributed by atoms with E-state index in [1.54, 1.807) is 0 Å². The molecule has 1 fully saturated rings. The summed E-state index contributed by atoms with van der Waals surface area (Å²) in [5.41, 5.74) is 0. The van der Waals surface area contributed by atoms with Gasteiger partial charge in [0, 0.05) is 19.1 Å². The van der Waals surface area contributed by atoms with Crippen molar-refractivity contribution in [3.05, 3.63) is 0 Å². The molecule has 0 amide bonds. The summed E-state index contributed by atoms with van der Waals surface area (Å²) in [6, 6.07) is 0.256. The Morgan fingerprint density at radius 1 is 1.27 bits per heavy atom. The summed E-state index contributed by atoms with van der Waals surface area (Å²) >= 11 is 0. The molecule has 0 aliphatic carbocycles. The minimum absolute atomic E-state index is 0.240. The van der Waals surface area contributed by atoms with E-state index in [4.69, 9.17) is 5.11 Å². The van der Waals surface area contributed by atoms with Crippen LogP contribution in [0.15, 0.2) is 0 Å². The summed E-state index contributed by atoms with van der Waals surface area (Å²) in [7, 11) is 4.10. The molecule has 4 heteroatoms. The molecule has 4 nitrogen and oxygen atoms in total. The molecule has 0 saturated carbocycles. The summed E-state index contributed by atoms with van der Waals surface area (Å²) in [4.78, 5) is 4.89. The third kappa shape index (κ3) is 4.93. The van der Waals surface area contributed by atoms with E-state index < -0.39 is 0 Å². The first-order valence-electron chi connectivity index (χ1n) is 5.95. The van der Waals surface area contributed by atoms with Gasteiger partial charge in [0.2, 0.25) is 0 Å². The van der Waals surface area contributed by atoms with Crippen molar-refractivity contribution in [2.45, 2.75) is 18.9 Å². The monoisotopic (exact) mass is 215 g/mol. The Bertz CT molecular complexity index is 162. The van der Waals surface area contributed by atoms with Crippen molar-refractivity contribution in [1.82, 2.24) is 15.1 Å². The molecular formula is C11H25N3O. The van der Waals surface area contributed by atoms with E-state index >= 15 is 0 Å². The summed E-state index contributed by atoms with van der Waals surface area (Å²) in [5, 5.41) is 12.2. The molecule has 1 atom stereocenters. The summed E-state index contributed by atoms with van der Waals surface area (Å²) in [6.45, 7) is 6.09. The Hall–Kier alpha value is -0.160. The van der Waals surface area contributed by atoms with Gasteiger partial charge in [-0.2, -0.15) is 0 Å². The molecule has 1 unspecified atom stereocenters. The standard InChI is InChI=1S/C11H25N3O/c1-12-11(10-15)4-7-14-6-3-5-13(2)8-9-14/h11-12,15H,3-10H2,1-2H3. The van der Waals surface area contributed by atoms with Crippen LogP contribution in [0, 0.1) is 0 Å². The van der Waals surface area contributed by atoms with Crippen LogP contribution in [0.4, 0.5) is 0 Å². The highest BCUT2D eigenvalue weighted by atomic mass is 16.3. The Morgan fingerprint density at radius 2 is 2.07 bits per heavy atom. The van der Waals surface area contributed by atoms with Gasteiger partial charge >= 0.3 is 0 Å². The molecule has 1 saturated heterocycles. The largest absolute Gasteiger partial charge is 0.395 e. The predicted octanol–water partition coefficient (Wildman–Crippen LogP) is -0.406. The first-order valence-corrected chi connectivity index (χ1v) is 5.95. The molecule has 0 radical (unpaired) electrons. The van der Waals surface area contributed by atoms with E-state index in [2.05, 4.69) is 22.2 Å². The third-order valence-corrected chi connectivity index (χ3v) is 3.23. The highest BCUT2D eigenvalue weighted by molar-refractivity contribution is 4.70. The zero-order valence-electron chi connectivity index (χ0n) is 10.1. The highest BCUT2D eigenvalue weighted by Gasteiger charge is 2.13. The lowest BCUT2D eigenvalue weighted by atomic mass is 10.2. The van der Waals surface area contributed by atoms with Gasteiger partial charge in [-0.1, -0.05) is 0 Å². The maximum absolute atomic E-state index is 9.06. The van der Waals surface area contributed by atoms with Crippen molar-refractivity contribution in [2.24, 2.45) is 0 Å². The molecule has 1 aliphatic heterocycles. The molecule has 0 aromatic heterocycles. The molecule has 0 aromatic carbocycles. The lowest BCUT2D eigenvalue weighted by Gasteiger charge is -2.22. The summed E-state index contributed by atoms with van der Waals surface area (Å²) in [6.07, 6.45) is 2.30. The van der Waals surface area contributed by atoms with Crippen LogP contribution in [0.5, 0.6) is 0 Å². The van der Waals surface area contributed by atoms with Gasteiger partial charge in [-0.15, -0.1) is 0 Å². The molecule has 90 valence electrons. The lowest BCUT2D eigenvalue weighted by molar-refractivity contribution is 0.212. The van der Waals surface area contributed by atoms with Crippen molar-refractivity contribution in [1.29, 1.82) is 0 Å².